The van der Waals surface area contributed by atoms with Crippen LogP contribution in [-0.2, 0) is 23.9 Å². The number of benzene rings is 2. The molecule has 0 aliphatic heterocycles. The summed E-state index contributed by atoms with van der Waals surface area (Å²) >= 11 is 0. The number of rotatable bonds is 4. The molecule has 2 rings (SSSR count). The van der Waals surface area contributed by atoms with Gasteiger partial charge in [-0.1, -0.05) is 36.4 Å². The molecule has 0 saturated carbocycles. The van der Waals surface area contributed by atoms with Crippen molar-refractivity contribution in [2.24, 2.45) is 0 Å². The zero-order valence-electron chi connectivity index (χ0n) is 12.4. The normalized spacial score (nSPS) is 11.3. The van der Waals surface area contributed by atoms with Crippen molar-refractivity contribution >= 4 is 5.91 Å². The van der Waals surface area contributed by atoms with Crippen LogP contribution in [0, 0.1) is 5.82 Å². The van der Waals surface area contributed by atoms with Gasteiger partial charge in [0.1, 0.15) is 5.82 Å². The predicted octanol–water partition coefficient (Wildman–Crippen LogP) is 4.05. The fourth-order valence-electron chi connectivity index (χ4n) is 2.22. The Balaban J connectivity index is 2.12. The Morgan fingerprint density at radius 3 is 2.17 bits per heavy atom. The molecule has 2 aromatic rings. The number of carbonyl (C=O) groups is 1. The summed E-state index contributed by atoms with van der Waals surface area (Å²) in [4.78, 5) is 13.3. The Hall–Kier alpha value is -2.37. The maximum absolute atomic E-state index is 13.5. The second-order valence-electron chi connectivity index (χ2n) is 5.17. The summed E-state index contributed by atoms with van der Waals surface area (Å²) in [6, 6.07) is 10.9. The minimum atomic E-state index is -4.48. The van der Waals surface area contributed by atoms with Crippen molar-refractivity contribution in [1.82, 2.24) is 4.90 Å². The van der Waals surface area contributed by atoms with Gasteiger partial charge in [-0.3, -0.25) is 4.79 Å². The van der Waals surface area contributed by atoms with E-state index in [1.807, 2.05) is 0 Å². The quantitative estimate of drug-likeness (QED) is 0.777. The minimum Gasteiger partial charge on any atom is -0.341 e. The highest BCUT2D eigenvalue weighted by atomic mass is 19.4. The number of alkyl halides is 3. The number of nitrogens with zero attached hydrogens (tertiary/aromatic N) is 1. The lowest BCUT2D eigenvalue weighted by molar-refractivity contribution is -0.139. The molecule has 0 radical (unpaired) electrons. The van der Waals surface area contributed by atoms with Crippen LogP contribution in [-0.4, -0.2) is 17.9 Å². The zero-order valence-corrected chi connectivity index (χ0v) is 12.4. The molecular formula is C17H15F4NO. The van der Waals surface area contributed by atoms with Crippen molar-refractivity contribution in [3.63, 3.8) is 0 Å². The van der Waals surface area contributed by atoms with Crippen LogP contribution in [0.5, 0.6) is 0 Å². The highest BCUT2D eigenvalue weighted by molar-refractivity contribution is 5.78. The smallest absolute Gasteiger partial charge is 0.341 e. The Labute approximate surface area is 131 Å². The molecule has 6 heteroatoms. The third-order valence-electron chi connectivity index (χ3n) is 3.46. The van der Waals surface area contributed by atoms with Gasteiger partial charge in [0.05, 0.1) is 12.0 Å². The van der Waals surface area contributed by atoms with E-state index in [9.17, 15) is 22.4 Å². The minimum absolute atomic E-state index is 0.00406. The number of halogens is 4. The van der Waals surface area contributed by atoms with Crippen LogP contribution in [0.4, 0.5) is 17.6 Å². The molecule has 0 saturated heterocycles. The Bertz CT molecular complexity index is 697. The lowest BCUT2D eigenvalue weighted by atomic mass is 10.1. The van der Waals surface area contributed by atoms with E-state index in [1.54, 1.807) is 6.07 Å². The lowest BCUT2D eigenvalue weighted by Gasteiger charge is -2.20. The van der Waals surface area contributed by atoms with Crippen molar-refractivity contribution in [1.29, 1.82) is 0 Å². The van der Waals surface area contributed by atoms with Gasteiger partial charge >= 0.3 is 6.18 Å². The highest BCUT2D eigenvalue weighted by Crippen LogP contribution is 2.32. The largest absolute Gasteiger partial charge is 0.416 e. The first-order chi connectivity index (χ1) is 10.8. The molecule has 0 aliphatic rings. The summed E-state index contributed by atoms with van der Waals surface area (Å²) in [5, 5.41) is 0. The number of hydrogen-bond acceptors (Lipinski definition) is 1. The molecule has 122 valence electrons. The van der Waals surface area contributed by atoms with Gasteiger partial charge in [0.25, 0.3) is 0 Å². The predicted molar refractivity (Wildman–Crippen MR) is 78.0 cm³/mol. The first kappa shape index (κ1) is 17.0. The van der Waals surface area contributed by atoms with E-state index in [0.717, 1.165) is 11.0 Å². The third kappa shape index (κ3) is 4.31. The molecule has 0 spiro atoms. The van der Waals surface area contributed by atoms with Crippen molar-refractivity contribution in [3.05, 3.63) is 71.0 Å². The van der Waals surface area contributed by atoms with Crippen molar-refractivity contribution in [2.45, 2.75) is 19.1 Å². The molecule has 2 nitrogen and oxygen atoms in total. The van der Waals surface area contributed by atoms with Gasteiger partial charge in [-0.25, -0.2) is 4.39 Å². The molecule has 0 unspecified atom stereocenters. The SMILES string of the molecule is CN(Cc1ccccc1C(F)(F)F)C(=O)Cc1ccccc1F. The second-order valence-corrected chi connectivity index (χ2v) is 5.17. The maximum Gasteiger partial charge on any atom is 0.416 e. The topological polar surface area (TPSA) is 20.3 Å². The van der Waals surface area contributed by atoms with Gasteiger partial charge in [0.2, 0.25) is 5.91 Å². The van der Waals surface area contributed by atoms with E-state index in [2.05, 4.69) is 0 Å². The fourth-order valence-corrected chi connectivity index (χ4v) is 2.22. The fraction of sp³-hybridized carbons (Fsp3) is 0.235. The molecule has 23 heavy (non-hydrogen) atoms. The molecule has 2 aromatic carbocycles. The van der Waals surface area contributed by atoms with E-state index in [-0.39, 0.29) is 24.1 Å². The van der Waals surface area contributed by atoms with Gasteiger partial charge in [0, 0.05) is 13.6 Å². The number of carbonyl (C=O) groups excluding carboxylic acids is 1. The second kappa shape index (κ2) is 6.81. The molecule has 0 atom stereocenters. The molecule has 0 bridgehead atoms. The molecule has 0 fully saturated rings. The van der Waals surface area contributed by atoms with Crippen LogP contribution in [0.25, 0.3) is 0 Å². The zero-order chi connectivity index (χ0) is 17.0. The molecule has 0 N–H and O–H groups in total. The molecular weight excluding hydrogens is 310 g/mol. The van der Waals surface area contributed by atoms with Gasteiger partial charge in [-0.15, -0.1) is 0 Å². The Kier molecular flexibility index (Phi) is 5.03. The Morgan fingerprint density at radius 1 is 1.00 bits per heavy atom. The van der Waals surface area contributed by atoms with Crippen molar-refractivity contribution in [3.8, 4) is 0 Å². The summed E-state index contributed by atoms with van der Waals surface area (Å²) in [5.41, 5.74) is -0.552. The number of likely N-dealkylation sites (N-methyl/N-ethyl adjacent to an activating group) is 1. The lowest BCUT2D eigenvalue weighted by Crippen LogP contribution is -2.29. The van der Waals surface area contributed by atoms with Crippen molar-refractivity contribution in [2.75, 3.05) is 7.05 Å². The number of amides is 1. The average Bonchev–Trinajstić information content (AvgIpc) is 2.49. The van der Waals surface area contributed by atoms with E-state index < -0.39 is 23.5 Å². The van der Waals surface area contributed by atoms with Crippen LogP contribution < -0.4 is 0 Å². The van der Waals surface area contributed by atoms with E-state index >= 15 is 0 Å². The first-order valence-corrected chi connectivity index (χ1v) is 6.91. The summed E-state index contributed by atoms with van der Waals surface area (Å²) in [6.07, 6.45) is -4.68. The van der Waals surface area contributed by atoms with Crippen LogP contribution in [0.2, 0.25) is 0 Å². The number of hydrogen-bond donors (Lipinski definition) is 0. The maximum atomic E-state index is 13.5. The standard InChI is InChI=1S/C17H15F4NO/c1-22(16(23)10-12-6-3-5-9-15(12)18)11-13-7-2-4-8-14(13)17(19,20)21/h2-9H,10-11H2,1H3. The first-order valence-electron chi connectivity index (χ1n) is 6.91. The van der Waals surface area contributed by atoms with Crippen LogP contribution in [0.1, 0.15) is 16.7 Å². The highest BCUT2D eigenvalue weighted by Gasteiger charge is 2.33. The summed E-state index contributed by atoms with van der Waals surface area (Å²) < 4.78 is 52.4. The van der Waals surface area contributed by atoms with Gasteiger partial charge in [-0.2, -0.15) is 13.2 Å². The van der Waals surface area contributed by atoms with E-state index in [0.29, 0.717) is 0 Å². The Morgan fingerprint density at radius 2 is 1.57 bits per heavy atom. The van der Waals surface area contributed by atoms with Gasteiger partial charge < -0.3 is 4.90 Å². The molecule has 0 aromatic heterocycles. The van der Waals surface area contributed by atoms with Gasteiger partial charge in [0.15, 0.2) is 0 Å². The van der Waals surface area contributed by atoms with Crippen LogP contribution in [0.15, 0.2) is 48.5 Å². The molecule has 0 aliphatic carbocycles. The van der Waals surface area contributed by atoms with Crippen molar-refractivity contribution < 1.29 is 22.4 Å². The summed E-state index contributed by atoms with van der Waals surface area (Å²) in [7, 11) is 1.40. The monoisotopic (exact) mass is 325 g/mol. The van der Waals surface area contributed by atoms with E-state index in [1.165, 1.54) is 43.4 Å². The third-order valence-corrected chi connectivity index (χ3v) is 3.46. The van der Waals surface area contributed by atoms with Crippen LogP contribution >= 0.6 is 0 Å². The summed E-state index contributed by atoms with van der Waals surface area (Å²) in [5.74, 6) is -0.961. The summed E-state index contributed by atoms with van der Waals surface area (Å²) in [6.45, 7) is -0.191. The van der Waals surface area contributed by atoms with Crippen LogP contribution in [0.3, 0.4) is 0 Å². The van der Waals surface area contributed by atoms with E-state index in [4.69, 9.17) is 0 Å². The average molecular weight is 325 g/mol. The van der Waals surface area contributed by atoms with Gasteiger partial charge in [-0.05, 0) is 23.3 Å². The molecule has 1 amide bonds. The molecule has 0 heterocycles.